The first-order valence-electron chi connectivity index (χ1n) is 10.0. The van der Waals surface area contributed by atoms with E-state index in [0.717, 1.165) is 43.8 Å². The van der Waals surface area contributed by atoms with Crippen molar-refractivity contribution >= 4 is 12.0 Å². The number of methoxy groups -OCH3 is 1. The van der Waals surface area contributed by atoms with Crippen molar-refractivity contribution in [3.05, 3.63) is 47.8 Å². The number of aromatic nitrogens is 3. The molecule has 0 saturated carbocycles. The van der Waals surface area contributed by atoms with E-state index in [1.54, 1.807) is 18.0 Å². The van der Waals surface area contributed by atoms with Crippen LogP contribution in [0.3, 0.4) is 0 Å². The van der Waals surface area contributed by atoms with Gasteiger partial charge in [0.25, 0.3) is 5.91 Å². The lowest BCUT2D eigenvalue weighted by Gasteiger charge is -2.31. The van der Waals surface area contributed by atoms with Gasteiger partial charge < -0.3 is 15.2 Å². The largest absolute Gasteiger partial charge is 0.496 e. The van der Waals surface area contributed by atoms with Crippen LogP contribution in [0.25, 0.3) is 6.08 Å². The Kier molecular flexibility index (Phi) is 7.77. The number of amides is 1. The van der Waals surface area contributed by atoms with E-state index in [-0.39, 0.29) is 18.6 Å². The van der Waals surface area contributed by atoms with Gasteiger partial charge in [0, 0.05) is 31.8 Å². The van der Waals surface area contributed by atoms with Crippen molar-refractivity contribution in [2.24, 2.45) is 0 Å². The van der Waals surface area contributed by atoms with Gasteiger partial charge in [-0.05, 0) is 31.9 Å². The molecule has 156 valence electrons. The van der Waals surface area contributed by atoms with Crippen molar-refractivity contribution in [1.82, 2.24) is 25.2 Å². The molecule has 3 rings (SSSR count). The number of ether oxygens (including phenoxy) is 1. The molecule has 0 aliphatic carbocycles. The molecule has 1 aromatic carbocycles. The van der Waals surface area contributed by atoms with Crippen LogP contribution < -0.4 is 10.1 Å². The molecule has 1 aliphatic rings. The van der Waals surface area contributed by atoms with Gasteiger partial charge in [-0.3, -0.25) is 9.69 Å². The standard InChI is InChI=1S/C21H29N5O3/c1-29-20-10-3-2-7-17(20)8-4-12-25-13-5-9-18(15-25)26-16-19(23-24-26)21(28)22-11-6-14-27/h2-4,7-8,10,16,18,27H,5-6,9,11-15H2,1H3,(H,22,28)/b8-4+/t18-/m0/s1. The maximum absolute atomic E-state index is 12.1. The molecule has 1 amide bonds. The van der Waals surface area contributed by atoms with Crippen molar-refractivity contribution < 1.29 is 14.6 Å². The van der Waals surface area contributed by atoms with Crippen molar-refractivity contribution in [2.75, 3.05) is 39.9 Å². The van der Waals surface area contributed by atoms with Gasteiger partial charge in [0.1, 0.15) is 5.75 Å². The Balaban J connectivity index is 1.54. The van der Waals surface area contributed by atoms with E-state index >= 15 is 0 Å². The zero-order valence-corrected chi connectivity index (χ0v) is 16.8. The quantitative estimate of drug-likeness (QED) is 0.624. The Labute approximate surface area is 171 Å². The van der Waals surface area contributed by atoms with Gasteiger partial charge in [0.2, 0.25) is 0 Å². The zero-order chi connectivity index (χ0) is 20.5. The average molecular weight is 399 g/mol. The lowest BCUT2D eigenvalue weighted by Crippen LogP contribution is -2.36. The third-order valence-electron chi connectivity index (χ3n) is 5.02. The lowest BCUT2D eigenvalue weighted by molar-refractivity contribution is 0.0946. The van der Waals surface area contributed by atoms with Crippen LogP contribution in [-0.2, 0) is 0 Å². The van der Waals surface area contributed by atoms with Gasteiger partial charge in [0.05, 0.1) is 19.3 Å². The first kappa shape index (κ1) is 21.0. The highest BCUT2D eigenvalue weighted by atomic mass is 16.5. The Hall–Kier alpha value is -2.71. The highest BCUT2D eigenvalue weighted by Gasteiger charge is 2.22. The van der Waals surface area contributed by atoms with Crippen molar-refractivity contribution in [2.45, 2.75) is 25.3 Å². The molecule has 0 bridgehead atoms. The molecule has 0 spiro atoms. The Morgan fingerprint density at radius 2 is 2.28 bits per heavy atom. The number of aliphatic hydroxyl groups excluding tert-OH is 1. The second kappa shape index (κ2) is 10.7. The molecule has 8 heteroatoms. The van der Waals surface area contributed by atoms with E-state index in [1.807, 2.05) is 24.3 Å². The monoisotopic (exact) mass is 399 g/mol. The number of para-hydroxylation sites is 1. The van der Waals surface area contributed by atoms with E-state index in [2.05, 4.69) is 32.7 Å². The van der Waals surface area contributed by atoms with Crippen LogP contribution in [0.1, 0.15) is 41.4 Å². The first-order chi connectivity index (χ1) is 14.2. The summed E-state index contributed by atoms with van der Waals surface area (Å²) >= 11 is 0. The maximum Gasteiger partial charge on any atom is 0.273 e. The molecule has 0 unspecified atom stereocenters. The number of nitrogens with zero attached hydrogens (tertiary/aromatic N) is 4. The van der Waals surface area contributed by atoms with Gasteiger partial charge >= 0.3 is 0 Å². The number of likely N-dealkylation sites (tertiary alicyclic amines) is 1. The van der Waals surface area contributed by atoms with Crippen LogP contribution in [0.5, 0.6) is 5.75 Å². The highest BCUT2D eigenvalue weighted by molar-refractivity contribution is 5.91. The van der Waals surface area contributed by atoms with E-state index in [9.17, 15) is 4.79 Å². The topological polar surface area (TPSA) is 92.5 Å². The van der Waals surface area contributed by atoms with E-state index in [1.165, 1.54) is 0 Å². The normalized spacial score (nSPS) is 17.5. The molecule has 1 aromatic heterocycles. The molecular formula is C21H29N5O3. The summed E-state index contributed by atoms with van der Waals surface area (Å²) in [6.45, 7) is 3.23. The minimum absolute atomic E-state index is 0.0520. The summed E-state index contributed by atoms with van der Waals surface area (Å²) < 4.78 is 7.19. The summed E-state index contributed by atoms with van der Waals surface area (Å²) in [6, 6.07) is 8.16. The smallest absolute Gasteiger partial charge is 0.273 e. The number of piperidine rings is 1. The molecule has 1 aliphatic heterocycles. The fraction of sp³-hybridized carbons (Fsp3) is 0.476. The summed E-state index contributed by atoms with van der Waals surface area (Å²) in [5.41, 5.74) is 1.38. The van der Waals surface area contributed by atoms with Crippen LogP contribution in [0, 0.1) is 0 Å². The molecule has 2 aromatic rings. The molecule has 1 saturated heterocycles. The predicted molar refractivity (Wildman–Crippen MR) is 111 cm³/mol. The molecule has 0 radical (unpaired) electrons. The van der Waals surface area contributed by atoms with Gasteiger partial charge in [-0.15, -0.1) is 5.10 Å². The maximum atomic E-state index is 12.1. The first-order valence-corrected chi connectivity index (χ1v) is 10.0. The number of hydrogen-bond donors (Lipinski definition) is 2. The average Bonchev–Trinajstić information content (AvgIpc) is 3.25. The molecule has 2 heterocycles. The molecule has 29 heavy (non-hydrogen) atoms. The lowest BCUT2D eigenvalue weighted by atomic mass is 10.1. The number of aliphatic hydroxyl groups is 1. The summed E-state index contributed by atoms with van der Waals surface area (Å²) in [4.78, 5) is 14.4. The van der Waals surface area contributed by atoms with Crippen LogP contribution in [0.15, 0.2) is 36.5 Å². The molecule has 1 atom stereocenters. The number of carbonyl (C=O) groups excluding carboxylic acids is 1. The van der Waals surface area contributed by atoms with Crippen molar-refractivity contribution in [3.63, 3.8) is 0 Å². The zero-order valence-electron chi connectivity index (χ0n) is 16.8. The van der Waals surface area contributed by atoms with Crippen LogP contribution >= 0.6 is 0 Å². The molecular weight excluding hydrogens is 370 g/mol. The molecule has 1 fully saturated rings. The van der Waals surface area contributed by atoms with Crippen LogP contribution in [-0.4, -0.2) is 70.8 Å². The summed E-state index contributed by atoms with van der Waals surface area (Å²) in [5.74, 6) is 0.616. The van der Waals surface area contributed by atoms with Gasteiger partial charge in [0.15, 0.2) is 5.69 Å². The van der Waals surface area contributed by atoms with Crippen LogP contribution in [0.2, 0.25) is 0 Å². The fourth-order valence-corrected chi connectivity index (χ4v) is 3.48. The molecule has 8 nitrogen and oxygen atoms in total. The van der Waals surface area contributed by atoms with Gasteiger partial charge in [-0.2, -0.15) is 0 Å². The number of rotatable bonds is 9. The van der Waals surface area contributed by atoms with E-state index < -0.39 is 0 Å². The Morgan fingerprint density at radius 1 is 1.41 bits per heavy atom. The fourth-order valence-electron chi connectivity index (χ4n) is 3.48. The predicted octanol–water partition coefficient (Wildman–Crippen LogP) is 1.75. The van der Waals surface area contributed by atoms with E-state index in [0.29, 0.717) is 18.7 Å². The van der Waals surface area contributed by atoms with Crippen molar-refractivity contribution in [1.29, 1.82) is 0 Å². The Bertz CT molecular complexity index is 820. The number of hydrogen-bond acceptors (Lipinski definition) is 6. The van der Waals surface area contributed by atoms with Gasteiger partial charge in [-0.1, -0.05) is 35.6 Å². The van der Waals surface area contributed by atoms with Gasteiger partial charge in [-0.25, -0.2) is 4.68 Å². The molecule has 2 N–H and O–H groups in total. The highest BCUT2D eigenvalue weighted by Crippen LogP contribution is 2.22. The number of nitrogens with one attached hydrogen (secondary N) is 1. The van der Waals surface area contributed by atoms with Crippen LogP contribution in [0.4, 0.5) is 0 Å². The summed E-state index contributed by atoms with van der Waals surface area (Å²) in [6.07, 6.45) is 8.58. The summed E-state index contributed by atoms with van der Waals surface area (Å²) in [7, 11) is 1.68. The number of carbonyl (C=O) groups is 1. The Morgan fingerprint density at radius 3 is 3.10 bits per heavy atom. The third kappa shape index (κ3) is 5.88. The minimum atomic E-state index is -0.253. The third-order valence-corrected chi connectivity index (χ3v) is 5.02. The van der Waals surface area contributed by atoms with E-state index in [4.69, 9.17) is 9.84 Å². The SMILES string of the molecule is COc1ccccc1/C=C/CN1CCC[C@H](n2cc(C(=O)NCCCO)nn2)C1. The minimum Gasteiger partial charge on any atom is -0.496 e. The second-order valence-electron chi connectivity index (χ2n) is 7.12. The summed E-state index contributed by atoms with van der Waals surface area (Å²) in [5, 5.41) is 19.7. The second-order valence-corrected chi connectivity index (χ2v) is 7.12. The number of benzene rings is 1. The van der Waals surface area contributed by atoms with Crippen molar-refractivity contribution in [3.8, 4) is 5.75 Å².